The van der Waals surface area contributed by atoms with Crippen LogP contribution in [0, 0.1) is 5.82 Å². The first kappa shape index (κ1) is 22.5. The Morgan fingerprint density at radius 1 is 1.06 bits per heavy atom. The number of aromatic nitrogens is 1. The number of hydrogen-bond acceptors (Lipinski definition) is 3. The number of benzene rings is 2. The number of halogens is 1. The first-order valence-electron chi connectivity index (χ1n) is 10.9. The number of amides is 3. The Morgan fingerprint density at radius 2 is 1.82 bits per heavy atom. The number of urea groups is 1. The molecule has 0 saturated heterocycles. The average Bonchev–Trinajstić information content (AvgIpc) is 3.31. The van der Waals surface area contributed by atoms with E-state index in [0.717, 1.165) is 5.69 Å². The molecule has 0 bridgehead atoms. The molecule has 1 unspecified atom stereocenters. The number of methoxy groups -OCH3 is 1. The summed E-state index contributed by atoms with van der Waals surface area (Å²) in [6, 6.07) is 18.4. The molecule has 0 saturated carbocycles. The van der Waals surface area contributed by atoms with Gasteiger partial charge in [-0.15, -0.1) is 0 Å². The van der Waals surface area contributed by atoms with Gasteiger partial charge in [0.25, 0.3) is 0 Å². The normalized spacial score (nSPS) is 15.1. The number of carbonyl (C=O) groups excluding carboxylic acids is 2. The molecule has 0 fully saturated rings. The Morgan fingerprint density at radius 3 is 2.58 bits per heavy atom. The van der Waals surface area contributed by atoms with Crippen LogP contribution in [0.1, 0.15) is 17.3 Å². The summed E-state index contributed by atoms with van der Waals surface area (Å²) < 4.78 is 21.9. The molecule has 1 aliphatic rings. The summed E-state index contributed by atoms with van der Waals surface area (Å²) in [7, 11) is 1.54. The zero-order chi connectivity index (χ0) is 23.2. The molecule has 3 amide bonds. The van der Waals surface area contributed by atoms with E-state index in [9.17, 15) is 14.0 Å². The zero-order valence-corrected chi connectivity index (χ0v) is 18.5. The lowest BCUT2D eigenvalue weighted by Crippen LogP contribution is -2.49. The minimum atomic E-state index is -0.566. The van der Waals surface area contributed by atoms with Crippen molar-refractivity contribution in [3.05, 3.63) is 90.0 Å². The Balaban J connectivity index is 1.57. The highest BCUT2D eigenvalue weighted by molar-refractivity contribution is 5.92. The lowest BCUT2D eigenvalue weighted by molar-refractivity contribution is -0.134. The third-order valence-electron chi connectivity index (χ3n) is 5.76. The summed E-state index contributed by atoms with van der Waals surface area (Å²) in [6.07, 6.45) is 1.93. The molecule has 2 aromatic carbocycles. The number of nitrogens with one attached hydrogen (secondary N) is 1. The van der Waals surface area contributed by atoms with Gasteiger partial charge in [-0.1, -0.05) is 36.4 Å². The highest BCUT2D eigenvalue weighted by Gasteiger charge is 2.34. The van der Waals surface area contributed by atoms with Crippen molar-refractivity contribution < 1.29 is 18.7 Å². The molecule has 0 aliphatic carbocycles. The number of rotatable bonds is 7. The molecule has 1 N–H and O–H groups in total. The summed E-state index contributed by atoms with van der Waals surface area (Å²) in [5.74, 6) is -0.622. The first-order chi connectivity index (χ1) is 16.1. The van der Waals surface area contributed by atoms with Crippen LogP contribution in [0.5, 0.6) is 0 Å². The lowest BCUT2D eigenvalue weighted by atomic mass is 9.99. The van der Waals surface area contributed by atoms with Crippen molar-refractivity contribution in [1.82, 2.24) is 14.4 Å². The molecule has 7 nitrogen and oxygen atoms in total. The van der Waals surface area contributed by atoms with Crippen LogP contribution in [0.25, 0.3) is 0 Å². The Labute approximate surface area is 192 Å². The van der Waals surface area contributed by atoms with Gasteiger partial charge in [0.05, 0.1) is 6.61 Å². The van der Waals surface area contributed by atoms with Gasteiger partial charge in [-0.3, -0.25) is 4.79 Å². The van der Waals surface area contributed by atoms with Gasteiger partial charge in [0.2, 0.25) is 5.91 Å². The highest BCUT2D eigenvalue weighted by atomic mass is 19.1. The Bertz CT molecular complexity index is 1100. The second-order valence-electron chi connectivity index (χ2n) is 7.85. The number of carbonyl (C=O) groups is 2. The molecule has 2 heterocycles. The molecule has 8 heteroatoms. The van der Waals surface area contributed by atoms with Crippen LogP contribution in [-0.4, -0.2) is 59.7 Å². The first-order valence-corrected chi connectivity index (χ1v) is 10.9. The van der Waals surface area contributed by atoms with Crippen LogP contribution in [0.15, 0.2) is 72.9 Å². The summed E-state index contributed by atoms with van der Waals surface area (Å²) >= 11 is 0. The van der Waals surface area contributed by atoms with Crippen molar-refractivity contribution >= 4 is 17.6 Å². The van der Waals surface area contributed by atoms with E-state index in [0.29, 0.717) is 24.3 Å². The number of fused-ring (bicyclic) bond motifs is 1. The standard InChI is InChI=1S/C25H27FN4O3/c1-33-17-16-29(25(32)27-19-8-3-2-4-9-19)18-23(31)30-15-14-28-13-7-12-22(28)24(30)20-10-5-6-11-21(20)26/h2-13,24H,14-18H2,1H3,(H,27,32). The largest absolute Gasteiger partial charge is 0.383 e. The maximum absolute atomic E-state index is 14.8. The molecule has 172 valence electrons. The second kappa shape index (κ2) is 10.3. The van der Waals surface area contributed by atoms with Crippen molar-refractivity contribution in [3.63, 3.8) is 0 Å². The van der Waals surface area contributed by atoms with Gasteiger partial charge >= 0.3 is 6.03 Å². The third kappa shape index (κ3) is 5.06. The molecule has 1 aliphatic heterocycles. The van der Waals surface area contributed by atoms with E-state index >= 15 is 0 Å². The van der Waals surface area contributed by atoms with Crippen molar-refractivity contribution in [1.29, 1.82) is 0 Å². The van der Waals surface area contributed by atoms with E-state index in [2.05, 4.69) is 5.32 Å². The Hall–Kier alpha value is -3.65. The second-order valence-corrected chi connectivity index (χ2v) is 7.85. The topological polar surface area (TPSA) is 66.8 Å². The SMILES string of the molecule is COCCN(CC(=O)N1CCn2cccc2C1c1ccccc1F)C(=O)Nc1ccccc1. The highest BCUT2D eigenvalue weighted by Crippen LogP contribution is 2.33. The van der Waals surface area contributed by atoms with Crippen molar-refractivity contribution in [2.24, 2.45) is 0 Å². The maximum atomic E-state index is 14.8. The summed E-state index contributed by atoms with van der Waals surface area (Å²) in [6.45, 7) is 1.41. The number of nitrogens with zero attached hydrogens (tertiary/aromatic N) is 3. The van der Waals surface area contributed by atoms with Crippen LogP contribution >= 0.6 is 0 Å². The van der Waals surface area contributed by atoms with E-state index in [1.807, 2.05) is 41.1 Å². The predicted molar refractivity (Wildman–Crippen MR) is 123 cm³/mol. The van der Waals surface area contributed by atoms with Crippen LogP contribution in [0.4, 0.5) is 14.9 Å². The molecule has 3 aromatic rings. The predicted octanol–water partition coefficient (Wildman–Crippen LogP) is 3.74. The van der Waals surface area contributed by atoms with Gasteiger partial charge in [-0.25, -0.2) is 9.18 Å². The summed E-state index contributed by atoms with van der Waals surface area (Å²) in [4.78, 5) is 29.5. The fourth-order valence-corrected chi connectivity index (χ4v) is 4.11. The average molecular weight is 451 g/mol. The van der Waals surface area contributed by atoms with Gasteiger partial charge in [0.1, 0.15) is 18.4 Å². The molecule has 1 atom stereocenters. The minimum absolute atomic E-state index is 0.145. The molecule has 33 heavy (non-hydrogen) atoms. The van der Waals surface area contributed by atoms with Gasteiger partial charge < -0.3 is 24.4 Å². The van der Waals surface area contributed by atoms with E-state index in [-0.39, 0.29) is 31.4 Å². The fraction of sp³-hybridized carbons (Fsp3) is 0.280. The van der Waals surface area contributed by atoms with E-state index < -0.39 is 12.1 Å². The van der Waals surface area contributed by atoms with E-state index in [4.69, 9.17) is 4.74 Å². The molecular formula is C25H27FN4O3. The fourth-order valence-electron chi connectivity index (χ4n) is 4.11. The third-order valence-corrected chi connectivity index (χ3v) is 5.76. The number of para-hydroxylation sites is 1. The summed E-state index contributed by atoms with van der Waals surface area (Å²) in [5.41, 5.74) is 1.91. The molecule has 4 rings (SSSR count). The van der Waals surface area contributed by atoms with Crippen molar-refractivity contribution in [2.75, 3.05) is 38.7 Å². The number of ether oxygens (including phenoxy) is 1. The van der Waals surface area contributed by atoms with E-state index in [1.54, 1.807) is 42.3 Å². The zero-order valence-electron chi connectivity index (χ0n) is 18.5. The Kier molecular flexibility index (Phi) is 7.04. The maximum Gasteiger partial charge on any atom is 0.322 e. The lowest BCUT2D eigenvalue weighted by Gasteiger charge is -2.38. The quantitative estimate of drug-likeness (QED) is 0.596. The molecule has 1 aromatic heterocycles. The van der Waals surface area contributed by atoms with Crippen LogP contribution < -0.4 is 5.32 Å². The smallest absolute Gasteiger partial charge is 0.322 e. The van der Waals surface area contributed by atoms with Gasteiger partial charge in [0, 0.05) is 49.9 Å². The minimum Gasteiger partial charge on any atom is -0.383 e. The van der Waals surface area contributed by atoms with Crippen molar-refractivity contribution in [2.45, 2.75) is 12.6 Å². The van der Waals surface area contributed by atoms with Gasteiger partial charge in [-0.2, -0.15) is 0 Å². The van der Waals surface area contributed by atoms with Crippen molar-refractivity contribution in [3.8, 4) is 0 Å². The summed E-state index contributed by atoms with van der Waals surface area (Å²) in [5, 5.41) is 2.82. The van der Waals surface area contributed by atoms with Crippen LogP contribution in [-0.2, 0) is 16.1 Å². The molecule has 0 spiro atoms. The van der Waals surface area contributed by atoms with Gasteiger partial charge in [0.15, 0.2) is 0 Å². The molecular weight excluding hydrogens is 423 g/mol. The number of hydrogen-bond donors (Lipinski definition) is 1. The monoisotopic (exact) mass is 450 g/mol. The van der Waals surface area contributed by atoms with Gasteiger partial charge in [-0.05, 0) is 30.3 Å². The van der Waals surface area contributed by atoms with Crippen LogP contribution in [0.2, 0.25) is 0 Å². The number of anilines is 1. The van der Waals surface area contributed by atoms with E-state index in [1.165, 1.54) is 11.0 Å². The van der Waals surface area contributed by atoms with Crippen LogP contribution in [0.3, 0.4) is 0 Å². The molecule has 0 radical (unpaired) electrons.